The first kappa shape index (κ1) is 25.9. The van der Waals surface area contributed by atoms with Crippen LogP contribution >= 0.6 is 0 Å². The Labute approximate surface area is 180 Å². The van der Waals surface area contributed by atoms with E-state index in [1.165, 1.54) is 0 Å². The zero-order chi connectivity index (χ0) is 16.3. The van der Waals surface area contributed by atoms with Gasteiger partial charge in [0.25, 0.3) is 0 Å². The summed E-state index contributed by atoms with van der Waals surface area (Å²) in [5.74, 6) is 0. The minimum atomic E-state index is -1.83. The fourth-order valence-electron chi connectivity index (χ4n) is 1.32. The van der Waals surface area contributed by atoms with Crippen LogP contribution in [0.3, 0.4) is 0 Å². The predicted molar refractivity (Wildman–Crippen MR) is 76.7 cm³/mol. The maximum atomic E-state index is 8.56. The second kappa shape index (κ2) is 22.7. The van der Waals surface area contributed by atoms with Crippen LogP contribution in [0.15, 0.2) is 0 Å². The molecule has 0 unspecified atom stereocenters. The van der Waals surface area contributed by atoms with Crippen molar-refractivity contribution < 1.29 is 96.2 Å². The molecule has 1 fully saturated rings. The molecule has 0 aliphatic carbocycles. The topological polar surface area (TPSA) is 113 Å². The van der Waals surface area contributed by atoms with E-state index in [0.29, 0.717) is 79.3 Å². The predicted octanol–water partition coefficient (Wildman–Crippen LogP) is -2.56. The Morgan fingerprint density at radius 2 is 0.609 bits per heavy atom. The summed E-state index contributed by atoms with van der Waals surface area (Å²) < 4.78 is 32.0. The molecule has 1 saturated heterocycles. The summed E-state index contributed by atoms with van der Waals surface area (Å²) in [6, 6.07) is 0. The third kappa shape index (κ3) is 27.8. The average Bonchev–Trinajstić information content (AvgIpc) is 2.47. The number of rotatable bonds is 0. The van der Waals surface area contributed by atoms with Crippen molar-refractivity contribution in [2.45, 2.75) is 0 Å². The Morgan fingerprint density at radius 1 is 0.522 bits per heavy atom. The number of carbonyl (C=O) groups is 1. The molecule has 0 aromatic carbocycles. The molecule has 0 bridgehead atoms. The summed E-state index contributed by atoms with van der Waals surface area (Å²) in [4.78, 5) is 8.56. The largest absolute Gasteiger partial charge is 1.00 e. The Morgan fingerprint density at radius 3 is 0.696 bits per heavy atom. The van der Waals surface area contributed by atoms with Gasteiger partial charge in [0.1, 0.15) is 0 Å². The molecule has 0 aromatic heterocycles. The van der Waals surface area contributed by atoms with Gasteiger partial charge in [0, 0.05) is 0 Å². The summed E-state index contributed by atoms with van der Waals surface area (Å²) in [5, 5.41) is 13.9. The van der Waals surface area contributed by atoms with E-state index in [4.69, 9.17) is 43.4 Å². The summed E-state index contributed by atoms with van der Waals surface area (Å²) in [7, 11) is 0. The van der Waals surface area contributed by atoms with E-state index in [1.807, 2.05) is 0 Å². The van der Waals surface area contributed by atoms with Crippen molar-refractivity contribution in [1.29, 1.82) is 0 Å². The number of carboxylic acid groups (broad SMARTS) is 2. The van der Waals surface area contributed by atoms with Crippen molar-refractivity contribution >= 4 is 6.16 Å². The van der Waals surface area contributed by atoms with E-state index >= 15 is 0 Å². The second-order valence-corrected chi connectivity index (χ2v) is 3.96. The van der Waals surface area contributed by atoms with Crippen LogP contribution in [-0.2, 0) is 28.4 Å². The van der Waals surface area contributed by atoms with Gasteiger partial charge in [-0.25, -0.2) is 4.79 Å². The van der Waals surface area contributed by atoms with Gasteiger partial charge in [-0.1, -0.05) is 0 Å². The third-order valence-corrected chi connectivity index (χ3v) is 2.23. The summed E-state index contributed by atoms with van der Waals surface area (Å²) in [5.41, 5.74) is 0. The van der Waals surface area contributed by atoms with Gasteiger partial charge in [0.05, 0.1) is 79.3 Å². The first-order valence-electron chi connectivity index (χ1n) is 7.12. The van der Waals surface area contributed by atoms with Gasteiger partial charge in [-0.15, -0.1) is 0 Å². The van der Waals surface area contributed by atoms with Gasteiger partial charge < -0.3 is 40.1 Å². The van der Waals surface area contributed by atoms with E-state index in [2.05, 4.69) is 0 Å². The molecule has 1 heterocycles. The molecular weight excluding hydrogens is 339 g/mol. The maximum Gasteiger partial charge on any atom is 1.00 e. The molecule has 0 spiro atoms. The molecular formula is C13H27KO9. The molecule has 2 N–H and O–H groups in total. The first-order valence-corrected chi connectivity index (χ1v) is 7.12. The molecule has 1 rings (SSSR count). The summed E-state index contributed by atoms with van der Waals surface area (Å²) in [6.07, 6.45) is -1.83. The van der Waals surface area contributed by atoms with Crippen LogP contribution in [0.1, 0.15) is 1.43 Å². The van der Waals surface area contributed by atoms with E-state index < -0.39 is 6.16 Å². The number of ether oxygens (including phenoxy) is 6. The number of hydrogen-bond acceptors (Lipinski definition) is 7. The van der Waals surface area contributed by atoms with Gasteiger partial charge in [0.15, 0.2) is 0 Å². The second-order valence-electron chi connectivity index (χ2n) is 3.96. The maximum absolute atomic E-state index is 8.56. The molecule has 23 heavy (non-hydrogen) atoms. The van der Waals surface area contributed by atoms with E-state index in [9.17, 15) is 0 Å². The molecule has 134 valence electrons. The van der Waals surface area contributed by atoms with Crippen LogP contribution in [0.4, 0.5) is 4.79 Å². The van der Waals surface area contributed by atoms with Crippen molar-refractivity contribution in [1.82, 2.24) is 0 Å². The van der Waals surface area contributed by atoms with Gasteiger partial charge >= 0.3 is 57.5 Å². The zero-order valence-corrected chi connectivity index (χ0v) is 16.9. The Balaban J connectivity index is -0.000000661. The van der Waals surface area contributed by atoms with Crippen LogP contribution in [-0.4, -0.2) is 95.7 Å². The van der Waals surface area contributed by atoms with Crippen LogP contribution in [0.5, 0.6) is 0 Å². The first-order chi connectivity index (χ1) is 10.7. The monoisotopic (exact) mass is 366 g/mol. The molecule has 0 saturated carbocycles. The van der Waals surface area contributed by atoms with Crippen molar-refractivity contribution in [3.63, 3.8) is 0 Å². The molecule has 0 aromatic rings. The van der Waals surface area contributed by atoms with E-state index in [0.717, 1.165) is 0 Å². The molecule has 0 atom stereocenters. The van der Waals surface area contributed by atoms with Crippen LogP contribution in [0.2, 0.25) is 0 Å². The fraction of sp³-hybridized carbons (Fsp3) is 0.923. The zero-order valence-electron chi connectivity index (χ0n) is 14.7. The van der Waals surface area contributed by atoms with Crippen LogP contribution in [0.25, 0.3) is 0 Å². The molecule has 1 aliphatic rings. The van der Waals surface area contributed by atoms with Crippen LogP contribution < -0.4 is 51.4 Å². The molecule has 0 amide bonds. The summed E-state index contributed by atoms with van der Waals surface area (Å²) in [6.45, 7) is 7.04. The Hall–Kier alpha value is 0.666. The quantitative estimate of drug-likeness (QED) is 0.447. The smallest absolute Gasteiger partial charge is 1.00 e. The third-order valence-electron chi connectivity index (χ3n) is 2.23. The Bertz CT molecular complexity index is 170. The average molecular weight is 366 g/mol. The fourth-order valence-corrected chi connectivity index (χ4v) is 1.32. The van der Waals surface area contributed by atoms with Gasteiger partial charge in [0.2, 0.25) is 0 Å². The minimum absolute atomic E-state index is 0. The van der Waals surface area contributed by atoms with Crippen LogP contribution in [0, 0.1) is 0 Å². The van der Waals surface area contributed by atoms with E-state index in [1.54, 1.807) is 0 Å². The molecule has 9 nitrogen and oxygen atoms in total. The van der Waals surface area contributed by atoms with Gasteiger partial charge in [-0.3, -0.25) is 0 Å². The van der Waals surface area contributed by atoms with E-state index in [-0.39, 0.29) is 52.8 Å². The van der Waals surface area contributed by atoms with Gasteiger partial charge in [-0.05, 0) is 0 Å². The SMILES string of the molecule is C1COCCOCCOCCOCCOCCO1.O=C(O)O.[H-].[K+]. The molecule has 10 heteroatoms. The normalized spacial score (nSPS) is 19.8. The van der Waals surface area contributed by atoms with Gasteiger partial charge in [-0.2, -0.15) is 0 Å². The summed E-state index contributed by atoms with van der Waals surface area (Å²) >= 11 is 0. The van der Waals surface area contributed by atoms with Crippen molar-refractivity contribution in [3.05, 3.63) is 0 Å². The van der Waals surface area contributed by atoms with Crippen molar-refractivity contribution in [3.8, 4) is 0 Å². The Kier molecular flexibility index (Phi) is 25.5. The van der Waals surface area contributed by atoms with Crippen molar-refractivity contribution in [2.75, 3.05) is 79.3 Å². The molecule has 1 aliphatic heterocycles. The minimum Gasteiger partial charge on any atom is -1.00 e. The van der Waals surface area contributed by atoms with Crippen molar-refractivity contribution in [2.24, 2.45) is 0 Å². The molecule has 0 radical (unpaired) electrons. The standard InChI is InChI=1S/C12H24O6.CH2O3.K.H/c1-2-14-5-6-16-9-10-18-12-11-17-8-7-15-4-3-13-1;2-1(3)4;;/h1-12H2;(H2,2,3,4);;/q;;+1;-1. The number of hydrogen-bond donors (Lipinski definition) is 2.